The van der Waals surface area contributed by atoms with Crippen LogP contribution in [0.4, 0.5) is 0 Å². The number of hydrogen-bond donors (Lipinski definition) is 1. The van der Waals surface area contributed by atoms with Gasteiger partial charge in [0.1, 0.15) is 0 Å². The third-order valence-electron chi connectivity index (χ3n) is 5.58. The summed E-state index contributed by atoms with van der Waals surface area (Å²) in [4.78, 5) is 5.45. The van der Waals surface area contributed by atoms with E-state index in [0.717, 1.165) is 24.0 Å². The first kappa shape index (κ1) is 17.2. The van der Waals surface area contributed by atoms with E-state index in [-0.39, 0.29) is 0 Å². The Labute approximate surface area is 146 Å². The lowest BCUT2D eigenvalue weighted by Gasteiger charge is -2.49. The highest BCUT2D eigenvalue weighted by Gasteiger charge is 2.35. The molecule has 2 heterocycles. The molecule has 1 N–H and O–H groups in total. The first-order valence-corrected chi connectivity index (χ1v) is 9.50. The number of piperidine rings is 1. The summed E-state index contributed by atoms with van der Waals surface area (Å²) in [5, 5.41) is 4.33. The highest BCUT2D eigenvalue weighted by molar-refractivity contribution is 6.30. The second kappa shape index (κ2) is 7.98. The van der Waals surface area contributed by atoms with E-state index in [4.69, 9.17) is 11.6 Å². The molecule has 0 aliphatic carbocycles. The zero-order valence-electron chi connectivity index (χ0n) is 14.5. The Hall–Kier alpha value is -0.610. The van der Waals surface area contributed by atoms with Gasteiger partial charge in [0.25, 0.3) is 0 Å². The van der Waals surface area contributed by atoms with Crippen LogP contribution < -0.4 is 5.32 Å². The van der Waals surface area contributed by atoms with Crippen LogP contribution in [0.5, 0.6) is 0 Å². The largest absolute Gasteiger partial charge is 0.317 e. The molecule has 0 spiro atoms. The van der Waals surface area contributed by atoms with E-state index in [1.165, 1.54) is 44.6 Å². The van der Waals surface area contributed by atoms with Crippen LogP contribution in [0, 0.1) is 0 Å². The van der Waals surface area contributed by atoms with Crippen molar-refractivity contribution in [1.29, 1.82) is 0 Å². The second-order valence-electron chi connectivity index (χ2n) is 7.10. The Morgan fingerprint density at radius 3 is 2.48 bits per heavy atom. The van der Waals surface area contributed by atoms with Crippen LogP contribution in [0.15, 0.2) is 24.3 Å². The van der Waals surface area contributed by atoms with Crippen LogP contribution in [0.25, 0.3) is 0 Å². The predicted octanol–water partition coefficient (Wildman–Crippen LogP) is 3.03. The molecule has 2 aliphatic rings. The van der Waals surface area contributed by atoms with Crippen molar-refractivity contribution in [3.05, 3.63) is 34.9 Å². The molecule has 0 saturated carbocycles. The number of halogens is 1. The minimum atomic E-state index is 0.621. The van der Waals surface area contributed by atoms with Crippen molar-refractivity contribution in [1.82, 2.24) is 15.1 Å². The van der Waals surface area contributed by atoms with Gasteiger partial charge in [-0.15, -0.1) is 0 Å². The number of hydrogen-bond acceptors (Lipinski definition) is 3. The molecule has 2 atom stereocenters. The first-order valence-electron chi connectivity index (χ1n) is 9.12. The predicted molar refractivity (Wildman–Crippen MR) is 98.3 cm³/mol. The van der Waals surface area contributed by atoms with Crippen molar-refractivity contribution < 1.29 is 0 Å². The lowest BCUT2D eigenvalue weighted by Crippen LogP contribution is -2.61. The average molecular weight is 336 g/mol. The molecule has 0 bridgehead atoms. The maximum Gasteiger partial charge on any atom is 0.0406 e. The standard InChI is InChI=1S/C19H30ClN3/c1-3-22-14-19(12-16-4-6-17(20)7-5-16)23(13-15(22)2)18-8-10-21-11-9-18/h4-7,15,18-19,21H,3,8-14H2,1-2H3. The first-order chi connectivity index (χ1) is 11.2. The Morgan fingerprint density at radius 1 is 1.13 bits per heavy atom. The number of piperazine rings is 1. The Bertz CT molecular complexity index is 484. The van der Waals surface area contributed by atoms with Crippen LogP contribution in [0.1, 0.15) is 32.3 Å². The molecule has 23 heavy (non-hydrogen) atoms. The van der Waals surface area contributed by atoms with Crippen LogP contribution in [-0.4, -0.2) is 60.6 Å². The third kappa shape index (κ3) is 4.27. The minimum Gasteiger partial charge on any atom is -0.317 e. The molecular weight excluding hydrogens is 306 g/mol. The van der Waals surface area contributed by atoms with Crippen molar-refractivity contribution in [2.24, 2.45) is 0 Å². The quantitative estimate of drug-likeness (QED) is 0.912. The summed E-state index contributed by atoms with van der Waals surface area (Å²) >= 11 is 6.04. The van der Waals surface area contributed by atoms with E-state index < -0.39 is 0 Å². The summed E-state index contributed by atoms with van der Waals surface area (Å²) in [6.07, 6.45) is 3.70. The molecule has 3 rings (SSSR count). The summed E-state index contributed by atoms with van der Waals surface area (Å²) in [7, 11) is 0. The van der Waals surface area contributed by atoms with Gasteiger partial charge in [0, 0.05) is 36.2 Å². The molecule has 3 nitrogen and oxygen atoms in total. The van der Waals surface area contributed by atoms with Crippen molar-refractivity contribution in [3.8, 4) is 0 Å². The molecule has 128 valence electrons. The van der Waals surface area contributed by atoms with Gasteiger partial charge in [0.15, 0.2) is 0 Å². The van der Waals surface area contributed by atoms with Gasteiger partial charge < -0.3 is 5.32 Å². The smallest absolute Gasteiger partial charge is 0.0406 e. The zero-order valence-corrected chi connectivity index (χ0v) is 15.2. The molecule has 1 aromatic carbocycles. The third-order valence-corrected chi connectivity index (χ3v) is 5.83. The number of benzene rings is 1. The topological polar surface area (TPSA) is 18.5 Å². The number of nitrogens with one attached hydrogen (secondary N) is 1. The SMILES string of the molecule is CCN1CC(Cc2ccc(Cl)cc2)N(C2CCNCC2)CC1C. The van der Waals surface area contributed by atoms with E-state index in [1.807, 2.05) is 12.1 Å². The van der Waals surface area contributed by atoms with Crippen LogP contribution in [0.2, 0.25) is 5.02 Å². The Balaban J connectivity index is 1.74. The average Bonchev–Trinajstić information content (AvgIpc) is 2.59. The minimum absolute atomic E-state index is 0.621. The molecule has 2 unspecified atom stereocenters. The zero-order chi connectivity index (χ0) is 16.2. The molecule has 2 saturated heterocycles. The Kier molecular flexibility index (Phi) is 5.97. The molecule has 0 radical (unpaired) electrons. The van der Waals surface area contributed by atoms with Crippen LogP contribution in [-0.2, 0) is 6.42 Å². The van der Waals surface area contributed by atoms with E-state index in [0.29, 0.717) is 12.1 Å². The summed E-state index contributed by atoms with van der Waals surface area (Å²) in [6, 6.07) is 10.5. The van der Waals surface area contributed by atoms with Gasteiger partial charge in [-0.2, -0.15) is 0 Å². The van der Waals surface area contributed by atoms with Crippen molar-refractivity contribution in [3.63, 3.8) is 0 Å². The fraction of sp³-hybridized carbons (Fsp3) is 0.684. The summed E-state index contributed by atoms with van der Waals surface area (Å²) in [6.45, 7) is 10.5. The van der Waals surface area contributed by atoms with E-state index in [1.54, 1.807) is 0 Å². The number of rotatable bonds is 4. The molecule has 0 amide bonds. The summed E-state index contributed by atoms with van der Waals surface area (Å²) < 4.78 is 0. The highest BCUT2D eigenvalue weighted by Crippen LogP contribution is 2.25. The van der Waals surface area contributed by atoms with Gasteiger partial charge >= 0.3 is 0 Å². The van der Waals surface area contributed by atoms with E-state index >= 15 is 0 Å². The summed E-state index contributed by atoms with van der Waals surface area (Å²) in [5.41, 5.74) is 1.41. The fourth-order valence-corrected chi connectivity index (χ4v) is 4.35. The van der Waals surface area contributed by atoms with Gasteiger partial charge in [-0.1, -0.05) is 30.7 Å². The maximum absolute atomic E-state index is 6.04. The van der Waals surface area contributed by atoms with Crippen molar-refractivity contribution in [2.45, 2.75) is 51.2 Å². The molecule has 2 fully saturated rings. The fourth-order valence-electron chi connectivity index (χ4n) is 4.23. The monoisotopic (exact) mass is 335 g/mol. The van der Waals surface area contributed by atoms with Gasteiger partial charge in [0.2, 0.25) is 0 Å². The van der Waals surface area contributed by atoms with Gasteiger partial charge in [-0.3, -0.25) is 9.80 Å². The maximum atomic E-state index is 6.04. The Morgan fingerprint density at radius 2 is 1.83 bits per heavy atom. The van der Waals surface area contributed by atoms with E-state index in [9.17, 15) is 0 Å². The highest BCUT2D eigenvalue weighted by atomic mass is 35.5. The molecule has 1 aromatic rings. The van der Waals surface area contributed by atoms with Crippen molar-refractivity contribution in [2.75, 3.05) is 32.7 Å². The molecule has 2 aliphatic heterocycles. The van der Waals surface area contributed by atoms with Crippen LogP contribution in [0.3, 0.4) is 0 Å². The van der Waals surface area contributed by atoms with Gasteiger partial charge in [0.05, 0.1) is 0 Å². The molecule has 4 heteroatoms. The van der Waals surface area contributed by atoms with Crippen LogP contribution >= 0.6 is 11.6 Å². The lowest BCUT2D eigenvalue weighted by molar-refractivity contribution is 0.00177. The lowest BCUT2D eigenvalue weighted by atomic mass is 9.94. The van der Waals surface area contributed by atoms with Crippen molar-refractivity contribution >= 4 is 11.6 Å². The molecule has 0 aromatic heterocycles. The van der Waals surface area contributed by atoms with Gasteiger partial charge in [-0.25, -0.2) is 0 Å². The second-order valence-corrected chi connectivity index (χ2v) is 7.54. The summed E-state index contributed by atoms with van der Waals surface area (Å²) in [5.74, 6) is 0. The normalized spacial score (nSPS) is 28.1. The number of nitrogens with zero attached hydrogens (tertiary/aromatic N) is 2. The molecular formula is C19H30ClN3. The van der Waals surface area contributed by atoms with E-state index in [2.05, 4.69) is 41.1 Å². The number of likely N-dealkylation sites (N-methyl/N-ethyl adjacent to an activating group) is 1. The van der Waals surface area contributed by atoms with Gasteiger partial charge in [-0.05, 0) is 63.5 Å².